The minimum atomic E-state index is 0.714. The third-order valence-corrected chi connectivity index (χ3v) is 30.0. The lowest BCUT2D eigenvalue weighted by molar-refractivity contribution is 1.13. The molecular formula is C134H72Br8N4. The van der Waals surface area contributed by atoms with Gasteiger partial charge in [-0.15, -0.1) is 0 Å². The Morgan fingerprint density at radius 3 is 0.733 bits per heavy atom. The molecular weight excluding hydrogens is 2300 g/mol. The molecule has 0 aliphatic rings. The maximum absolute atomic E-state index is 4.65. The van der Waals surface area contributed by atoms with E-state index in [9.17, 15) is 0 Å². The summed E-state index contributed by atoms with van der Waals surface area (Å²) in [6.45, 7) is 0. The van der Waals surface area contributed by atoms with Crippen molar-refractivity contribution in [3.05, 3.63) is 562 Å². The molecule has 0 amide bonds. The quantitative estimate of drug-likeness (QED) is 0.128. The van der Waals surface area contributed by atoms with Gasteiger partial charge in [0.05, 0.1) is 77.7 Å². The number of hydrogen-bond acceptors (Lipinski definition) is 2. The van der Waals surface area contributed by atoms with Crippen LogP contribution in [-0.2, 0) is 0 Å². The van der Waals surface area contributed by atoms with Crippen molar-refractivity contribution in [2.24, 2.45) is 0 Å². The standard InChI is InChI=1S/C38H22Br2N2.C38H20Br2.C30H16Br2.C28H14Br2N2/c39-35-23-24-36(40)34(22-20-28-26-42(30-13-5-2-6-14-30)38-18-10-8-16-32(28)38)33(35)21-19-27-25-41(29-11-3-1-4-12-29)37-17-9-7-15-31(27)37;39-37-21-22-38(40)36(20-18-34-31-15-7-3-11-27(31)24-28-12-4-8-16-32(28)34)35(37)19-17-33-29-13-5-1-9-25(29)23-26-10-2-6-14-30(26)33;31-29-17-18-30(32)28(16-12-22-10-14-24-6-2-4-8-26(24)20-22)27(29)15-11-21-9-13-23-5-1-3-7-25(23)19-21;29-25-17-18-26(30)24(16-14-22-12-10-20-6-2-4-8-28(20)32-22)23(25)15-13-21-11-9-19-5-1-3-7-27(19)31-21/h1-18,23-26H;1-16,21-24H;1-10,13-14,17-20H;1-12,17-18H. The van der Waals surface area contributed by atoms with Crippen molar-refractivity contribution in [1.82, 2.24) is 19.1 Å². The van der Waals surface area contributed by atoms with Crippen LogP contribution in [0.5, 0.6) is 0 Å². The van der Waals surface area contributed by atoms with Gasteiger partial charge in [-0.25, -0.2) is 9.97 Å². The van der Waals surface area contributed by atoms with Gasteiger partial charge in [-0.2, -0.15) is 0 Å². The van der Waals surface area contributed by atoms with Crippen LogP contribution in [0, 0.1) is 94.7 Å². The molecule has 0 spiro atoms. The Hall–Kier alpha value is -15.8. The summed E-state index contributed by atoms with van der Waals surface area (Å²) < 4.78 is 11.6. The summed E-state index contributed by atoms with van der Waals surface area (Å²) >= 11 is 29.6. The number of aromatic nitrogens is 4. The van der Waals surface area contributed by atoms with E-state index in [4.69, 9.17) is 0 Å². The Labute approximate surface area is 913 Å². The van der Waals surface area contributed by atoms with E-state index in [1.165, 1.54) is 43.1 Å². The van der Waals surface area contributed by atoms with Crippen LogP contribution in [-0.4, -0.2) is 19.1 Å². The van der Waals surface area contributed by atoms with Gasteiger partial charge in [-0.1, -0.05) is 362 Å². The fourth-order valence-corrected chi connectivity index (χ4v) is 20.9. The molecule has 4 heterocycles. The van der Waals surface area contributed by atoms with Crippen molar-refractivity contribution in [1.29, 1.82) is 0 Å². The molecule has 0 unspecified atom stereocenters. The fraction of sp³-hybridized carbons (Fsp3) is 0. The lowest BCUT2D eigenvalue weighted by atomic mass is 9.96. The van der Waals surface area contributed by atoms with Crippen LogP contribution in [0.1, 0.15) is 89.3 Å². The minimum absolute atomic E-state index is 0.714. The second-order valence-corrected chi connectivity index (χ2v) is 40.8. The Morgan fingerprint density at radius 1 is 0.164 bits per heavy atom. The predicted octanol–water partition coefficient (Wildman–Crippen LogP) is 35.9. The van der Waals surface area contributed by atoms with E-state index >= 15 is 0 Å². The number of rotatable bonds is 2. The topological polar surface area (TPSA) is 35.6 Å². The molecule has 20 aromatic carbocycles. The Kier molecular flexibility index (Phi) is 29.4. The van der Waals surface area contributed by atoms with Crippen molar-refractivity contribution in [2.75, 3.05) is 0 Å². The maximum atomic E-state index is 4.65. The minimum Gasteiger partial charge on any atom is -0.315 e. The lowest BCUT2D eigenvalue weighted by Gasteiger charge is -2.08. The van der Waals surface area contributed by atoms with Crippen molar-refractivity contribution in [3.8, 4) is 106 Å². The molecule has 0 saturated heterocycles. The van der Waals surface area contributed by atoms with E-state index in [0.29, 0.717) is 11.4 Å². The summed E-state index contributed by atoms with van der Waals surface area (Å²) in [4.78, 5) is 9.30. The molecule has 24 aromatic rings. The normalized spacial score (nSPS) is 10.6. The lowest BCUT2D eigenvalue weighted by Crippen LogP contribution is -1.90. The van der Waals surface area contributed by atoms with Gasteiger partial charge in [0.25, 0.3) is 0 Å². The Balaban J connectivity index is 0.000000115. The van der Waals surface area contributed by atoms with Crippen molar-refractivity contribution in [3.63, 3.8) is 0 Å². The zero-order valence-electron chi connectivity index (χ0n) is 77.4. The monoisotopic (exact) mass is 2370 g/mol. The van der Waals surface area contributed by atoms with E-state index in [2.05, 4.69) is 521 Å². The Bertz CT molecular complexity index is 9040. The molecule has 12 heteroatoms. The molecule has 0 aliphatic carbocycles. The van der Waals surface area contributed by atoms with Crippen LogP contribution >= 0.6 is 127 Å². The average Bonchev–Trinajstić information content (AvgIpc) is 1.03. The highest BCUT2D eigenvalue weighted by Gasteiger charge is 2.18. The molecule has 0 radical (unpaired) electrons. The fourth-order valence-electron chi connectivity index (χ4n) is 17.5. The van der Waals surface area contributed by atoms with Crippen molar-refractivity contribution < 1.29 is 0 Å². The second-order valence-electron chi connectivity index (χ2n) is 33.9. The first-order chi connectivity index (χ1) is 71.7. The van der Waals surface area contributed by atoms with Gasteiger partial charge >= 0.3 is 0 Å². The first kappa shape index (κ1) is 96.3. The van der Waals surface area contributed by atoms with Crippen molar-refractivity contribution in [2.45, 2.75) is 0 Å². The molecule has 4 aromatic heterocycles. The maximum Gasteiger partial charge on any atom is 0.114 e. The second kappa shape index (κ2) is 44.6. The number of pyridine rings is 2. The average molecular weight is 2380 g/mol. The number of nitrogens with zero attached hydrogens (tertiary/aromatic N) is 4. The van der Waals surface area contributed by atoms with E-state index < -0.39 is 0 Å². The highest BCUT2D eigenvalue weighted by molar-refractivity contribution is 9.12. The number of fused-ring (bicyclic) bond motifs is 10. The first-order valence-corrected chi connectivity index (χ1v) is 52.9. The summed E-state index contributed by atoms with van der Waals surface area (Å²) in [6, 6.07) is 145. The third kappa shape index (κ3) is 21.5. The number of hydrogen-bond donors (Lipinski definition) is 0. The molecule has 0 bridgehead atoms. The molecule has 0 N–H and O–H groups in total. The summed E-state index contributed by atoms with van der Waals surface area (Å²) in [5.41, 5.74) is 20.5. The van der Waals surface area contributed by atoms with E-state index in [0.717, 1.165) is 190 Å². The summed E-state index contributed by atoms with van der Waals surface area (Å²) in [5.74, 6) is 54.1. The van der Waals surface area contributed by atoms with Gasteiger partial charge in [0.15, 0.2) is 0 Å². The predicted molar refractivity (Wildman–Crippen MR) is 636 cm³/mol. The van der Waals surface area contributed by atoms with Gasteiger partial charge < -0.3 is 9.13 Å². The molecule has 684 valence electrons. The summed E-state index contributed by atoms with van der Waals surface area (Å²) in [5, 5.41) is 18.5. The van der Waals surface area contributed by atoms with Gasteiger partial charge in [0, 0.05) is 103 Å². The highest BCUT2D eigenvalue weighted by Crippen LogP contribution is 2.38. The highest BCUT2D eigenvalue weighted by atomic mass is 79.9. The van der Waals surface area contributed by atoms with Gasteiger partial charge in [0.2, 0.25) is 0 Å². The molecule has 0 fully saturated rings. The van der Waals surface area contributed by atoms with Gasteiger partial charge in [0.1, 0.15) is 11.4 Å². The smallest absolute Gasteiger partial charge is 0.114 e. The number of benzene rings is 20. The van der Waals surface area contributed by atoms with Crippen LogP contribution in [0.25, 0.3) is 120 Å². The molecule has 0 aliphatic heterocycles. The first-order valence-electron chi connectivity index (χ1n) is 46.6. The third-order valence-electron chi connectivity index (χ3n) is 24.7. The van der Waals surface area contributed by atoms with Crippen molar-refractivity contribution >= 4 is 236 Å². The van der Waals surface area contributed by atoms with E-state index in [1.807, 2.05) is 158 Å². The molecule has 24 rings (SSSR count). The summed E-state index contributed by atoms with van der Waals surface area (Å²) in [7, 11) is 0. The van der Waals surface area contributed by atoms with Gasteiger partial charge in [-0.3, -0.25) is 0 Å². The molecule has 4 nitrogen and oxygen atoms in total. The van der Waals surface area contributed by atoms with Crippen LogP contribution < -0.4 is 0 Å². The van der Waals surface area contributed by atoms with Crippen LogP contribution in [0.3, 0.4) is 0 Å². The zero-order chi connectivity index (χ0) is 99.4. The SMILES string of the molecule is Brc1ccc(Br)c(C#Cc2c3ccccc3cc3ccccc23)c1C#Cc1c2ccccc2cc2ccccc12.Brc1ccc(Br)c(C#Cc2ccc3ccccc3c2)c1C#Cc1ccc2ccccc2c1.Brc1ccc(Br)c(C#Cc2ccc3ccccc3n2)c1C#Cc1ccc2ccccc2n1.Brc1ccc(Br)c(C#Cc2cn(-c3ccccc3)c3ccccc23)c1C#Cc1cn(-c2ccccc2)c2ccccc12. The van der Waals surface area contributed by atoms with Crippen LogP contribution in [0.2, 0.25) is 0 Å². The van der Waals surface area contributed by atoms with E-state index in [1.54, 1.807) is 0 Å². The number of para-hydroxylation sites is 6. The van der Waals surface area contributed by atoms with E-state index in [-0.39, 0.29) is 0 Å². The zero-order valence-corrected chi connectivity index (χ0v) is 90.1. The Morgan fingerprint density at radius 2 is 0.404 bits per heavy atom. The molecule has 0 saturated carbocycles. The molecule has 146 heavy (non-hydrogen) atoms. The summed E-state index contributed by atoms with van der Waals surface area (Å²) in [6.07, 6.45) is 4.23. The number of halogens is 8. The van der Waals surface area contributed by atoms with Crippen LogP contribution in [0.4, 0.5) is 0 Å². The largest absolute Gasteiger partial charge is 0.315 e. The van der Waals surface area contributed by atoms with Crippen LogP contribution in [0.15, 0.2) is 473 Å². The van der Waals surface area contributed by atoms with Gasteiger partial charge in [-0.05, 0) is 350 Å². The molecule has 0 atom stereocenters.